The molecule has 0 unspecified atom stereocenters. The van der Waals surface area contributed by atoms with Crippen LogP contribution in [0.3, 0.4) is 0 Å². The zero-order valence-corrected chi connectivity index (χ0v) is 15.8. The molecule has 3 heterocycles. The van der Waals surface area contributed by atoms with Gasteiger partial charge in [0.1, 0.15) is 11.3 Å². The van der Waals surface area contributed by atoms with Crippen molar-refractivity contribution in [1.82, 2.24) is 13.8 Å². The minimum atomic E-state index is 1.00. The molecule has 3 aromatic heterocycles. The lowest BCUT2D eigenvalue weighted by molar-refractivity contribution is 1.16. The fraction of sp³-hybridized carbons (Fsp3) is 0.0800. The monoisotopic (exact) mass is 361 g/mol. The molecule has 0 spiro atoms. The molecule has 0 saturated carbocycles. The zero-order chi connectivity index (χ0) is 18.8. The van der Waals surface area contributed by atoms with Gasteiger partial charge in [-0.2, -0.15) is 0 Å². The number of nitrogens with zero attached hydrogens (tertiary/aromatic N) is 3. The summed E-state index contributed by atoms with van der Waals surface area (Å²) in [6, 6.07) is 25.8. The van der Waals surface area contributed by atoms with Crippen LogP contribution in [0.4, 0.5) is 0 Å². The van der Waals surface area contributed by atoms with Crippen LogP contribution in [0, 0.1) is 13.8 Å². The molecule has 0 aliphatic carbocycles. The van der Waals surface area contributed by atoms with E-state index < -0.39 is 0 Å². The van der Waals surface area contributed by atoms with Gasteiger partial charge in [-0.1, -0.05) is 48.5 Å². The van der Waals surface area contributed by atoms with Crippen molar-refractivity contribution in [2.75, 3.05) is 0 Å². The number of imidazole rings is 1. The minimum Gasteiger partial charge on any atom is -0.295 e. The van der Waals surface area contributed by atoms with Crippen molar-refractivity contribution < 1.29 is 0 Å². The second kappa shape index (κ2) is 5.46. The standard InChI is InChI=1S/C25H19N3/c1-16-8-7-9-17(2)24(16)20-15-27-23-14-18-10-3-5-12-21(18)28(23)22-13-6-4-11-19(22)25(27)26-20/h3-15H,1-2H3. The first-order valence-corrected chi connectivity index (χ1v) is 9.59. The van der Waals surface area contributed by atoms with Crippen molar-refractivity contribution in [2.45, 2.75) is 13.8 Å². The summed E-state index contributed by atoms with van der Waals surface area (Å²) in [4.78, 5) is 5.10. The van der Waals surface area contributed by atoms with Gasteiger partial charge < -0.3 is 0 Å². The van der Waals surface area contributed by atoms with Crippen LogP contribution >= 0.6 is 0 Å². The number of hydrogen-bond acceptors (Lipinski definition) is 1. The summed E-state index contributed by atoms with van der Waals surface area (Å²) in [6.07, 6.45) is 2.19. The summed E-state index contributed by atoms with van der Waals surface area (Å²) in [6.45, 7) is 4.32. The van der Waals surface area contributed by atoms with Crippen molar-refractivity contribution in [3.05, 3.63) is 90.1 Å². The van der Waals surface area contributed by atoms with Gasteiger partial charge in [0.25, 0.3) is 0 Å². The van der Waals surface area contributed by atoms with Crippen LogP contribution in [0.5, 0.6) is 0 Å². The number of fused-ring (bicyclic) bond motifs is 8. The summed E-state index contributed by atoms with van der Waals surface area (Å²) in [5.41, 5.74) is 9.31. The maximum Gasteiger partial charge on any atom is 0.148 e. The predicted octanol–water partition coefficient (Wildman–Crippen LogP) is 6.18. The molecule has 3 nitrogen and oxygen atoms in total. The van der Waals surface area contributed by atoms with E-state index >= 15 is 0 Å². The van der Waals surface area contributed by atoms with Crippen LogP contribution in [-0.2, 0) is 0 Å². The van der Waals surface area contributed by atoms with Crippen LogP contribution in [0.25, 0.3) is 44.4 Å². The highest BCUT2D eigenvalue weighted by atomic mass is 15.1. The smallest absolute Gasteiger partial charge is 0.148 e. The van der Waals surface area contributed by atoms with Crippen LogP contribution in [0.15, 0.2) is 79.0 Å². The molecule has 6 aromatic rings. The van der Waals surface area contributed by atoms with E-state index in [1.165, 1.54) is 33.1 Å². The Morgan fingerprint density at radius 1 is 0.750 bits per heavy atom. The normalized spacial score (nSPS) is 11.9. The van der Waals surface area contributed by atoms with E-state index in [1.807, 2.05) is 0 Å². The third-order valence-corrected chi connectivity index (χ3v) is 5.77. The Labute approximate surface area is 162 Å². The molecule has 0 fully saturated rings. The molecule has 3 heteroatoms. The van der Waals surface area contributed by atoms with Crippen molar-refractivity contribution >= 4 is 33.1 Å². The highest BCUT2D eigenvalue weighted by Gasteiger charge is 2.16. The Kier molecular flexibility index (Phi) is 3.01. The molecule has 0 N–H and O–H groups in total. The fourth-order valence-electron chi connectivity index (χ4n) is 4.51. The second-order valence-corrected chi connectivity index (χ2v) is 7.50. The van der Waals surface area contributed by atoms with Crippen LogP contribution in [-0.4, -0.2) is 13.8 Å². The molecule has 0 aliphatic rings. The quantitative estimate of drug-likeness (QED) is 0.343. The molecule has 0 saturated heterocycles. The van der Waals surface area contributed by atoms with Gasteiger partial charge in [0, 0.05) is 22.5 Å². The van der Waals surface area contributed by atoms with Crippen molar-refractivity contribution in [3.8, 4) is 11.3 Å². The van der Waals surface area contributed by atoms with Gasteiger partial charge >= 0.3 is 0 Å². The van der Waals surface area contributed by atoms with E-state index in [0.29, 0.717) is 0 Å². The van der Waals surface area contributed by atoms with Crippen molar-refractivity contribution in [2.24, 2.45) is 0 Å². The van der Waals surface area contributed by atoms with E-state index in [1.54, 1.807) is 0 Å². The molecular weight excluding hydrogens is 342 g/mol. The van der Waals surface area contributed by atoms with E-state index in [2.05, 4.69) is 102 Å². The summed E-state index contributed by atoms with van der Waals surface area (Å²) >= 11 is 0. The van der Waals surface area contributed by atoms with Crippen molar-refractivity contribution in [3.63, 3.8) is 0 Å². The second-order valence-electron chi connectivity index (χ2n) is 7.50. The highest BCUT2D eigenvalue weighted by molar-refractivity contribution is 6.00. The predicted molar refractivity (Wildman–Crippen MR) is 116 cm³/mol. The van der Waals surface area contributed by atoms with E-state index in [9.17, 15) is 0 Å². The van der Waals surface area contributed by atoms with E-state index in [4.69, 9.17) is 4.98 Å². The number of hydrogen-bond donors (Lipinski definition) is 0. The van der Waals surface area contributed by atoms with Gasteiger partial charge in [0.2, 0.25) is 0 Å². The van der Waals surface area contributed by atoms with Crippen LogP contribution < -0.4 is 0 Å². The molecule has 0 amide bonds. The molecule has 3 aromatic carbocycles. The van der Waals surface area contributed by atoms with Gasteiger partial charge in [0.05, 0.1) is 16.7 Å². The zero-order valence-electron chi connectivity index (χ0n) is 15.8. The first-order chi connectivity index (χ1) is 13.7. The number of aryl methyl sites for hydroxylation is 2. The van der Waals surface area contributed by atoms with Gasteiger partial charge in [-0.15, -0.1) is 0 Å². The maximum absolute atomic E-state index is 5.10. The average Bonchev–Trinajstić information content (AvgIpc) is 3.30. The summed E-state index contributed by atoms with van der Waals surface area (Å²) < 4.78 is 4.58. The minimum absolute atomic E-state index is 1.00. The SMILES string of the molecule is Cc1cccc(C)c1-c1cn2c(n1)c1ccccc1n1c3ccccc3cc21. The Morgan fingerprint density at radius 2 is 1.46 bits per heavy atom. The van der Waals surface area contributed by atoms with Gasteiger partial charge in [-0.25, -0.2) is 4.98 Å². The molecular formula is C25H19N3. The highest BCUT2D eigenvalue weighted by Crippen LogP contribution is 2.32. The summed E-state index contributed by atoms with van der Waals surface area (Å²) in [5, 5.41) is 2.40. The molecule has 0 radical (unpaired) electrons. The molecule has 134 valence electrons. The first kappa shape index (κ1) is 15.5. The van der Waals surface area contributed by atoms with Gasteiger partial charge in [-0.3, -0.25) is 8.80 Å². The molecule has 0 aliphatic heterocycles. The number of rotatable bonds is 1. The maximum atomic E-state index is 5.10. The van der Waals surface area contributed by atoms with Crippen molar-refractivity contribution in [1.29, 1.82) is 0 Å². The Hall–Kier alpha value is -3.59. The molecule has 0 atom stereocenters. The number of aromatic nitrogens is 3. The largest absolute Gasteiger partial charge is 0.295 e. The Balaban J connectivity index is 1.85. The lowest BCUT2D eigenvalue weighted by atomic mass is 10.0. The summed E-state index contributed by atoms with van der Waals surface area (Å²) in [7, 11) is 0. The number of para-hydroxylation sites is 2. The average molecular weight is 361 g/mol. The van der Waals surface area contributed by atoms with E-state index in [0.717, 1.165) is 22.4 Å². The lowest BCUT2D eigenvalue weighted by Gasteiger charge is -2.07. The van der Waals surface area contributed by atoms with Crippen LogP contribution in [0.2, 0.25) is 0 Å². The third kappa shape index (κ3) is 1.96. The topological polar surface area (TPSA) is 21.7 Å². The summed E-state index contributed by atoms with van der Waals surface area (Å²) in [5.74, 6) is 0. The molecule has 6 rings (SSSR count). The fourth-order valence-corrected chi connectivity index (χ4v) is 4.51. The third-order valence-electron chi connectivity index (χ3n) is 5.77. The molecule has 0 bridgehead atoms. The Morgan fingerprint density at radius 3 is 2.29 bits per heavy atom. The lowest BCUT2D eigenvalue weighted by Crippen LogP contribution is -1.95. The van der Waals surface area contributed by atoms with Crippen LogP contribution in [0.1, 0.15) is 11.1 Å². The van der Waals surface area contributed by atoms with Gasteiger partial charge in [-0.05, 0) is 49.2 Å². The Bertz CT molecular complexity index is 1510. The first-order valence-electron chi connectivity index (χ1n) is 9.59. The van der Waals surface area contributed by atoms with Gasteiger partial charge in [0.15, 0.2) is 0 Å². The van der Waals surface area contributed by atoms with E-state index in [-0.39, 0.29) is 0 Å². The molecule has 28 heavy (non-hydrogen) atoms. The number of benzene rings is 3.